The third kappa shape index (κ3) is 5.18. The lowest BCUT2D eigenvalue weighted by Gasteiger charge is -2.24. The fraction of sp³-hybridized carbons (Fsp3) is 0.474. The molecule has 1 aliphatic rings. The molecule has 0 aromatic heterocycles. The highest BCUT2D eigenvalue weighted by molar-refractivity contribution is 6.83. The summed E-state index contributed by atoms with van der Waals surface area (Å²) in [5, 5.41) is 10.2. The number of hydrogen-bond donors (Lipinski definition) is 1. The molecule has 0 aliphatic carbocycles. The molecule has 1 aliphatic heterocycles. The SMILES string of the molecule is CC(C(=O)N1C(=O)OC[C@@H]1Cc1ccccc1)C(O)C#C[Si](C)(C)C. The van der Waals surface area contributed by atoms with Gasteiger partial charge in [0, 0.05) is 0 Å². The lowest BCUT2D eigenvalue weighted by atomic mass is 10.0. The summed E-state index contributed by atoms with van der Waals surface area (Å²) in [5.74, 6) is 1.55. The van der Waals surface area contributed by atoms with Gasteiger partial charge in [-0.2, -0.15) is 0 Å². The van der Waals surface area contributed by atoms with Crippen molar-refractivity contribution in [2.24, 2.45) is 5.92 Å². The summed E-state index contributed by atoms with van der Waals surface area (Å²) >= 11 is 0. The van der Waals surface area contributed by atoms with Gasteiger partial charge in [0.15, 0.2) is 0 Å². The average molecular weight is 359 g/mol. The Bertz CT molecular complexity index is 687. The van der Waals surface area contributed by atoms with E-state index in [9.17, 15) is 14.7 Å². The van der Waals surface area contributed by atoms with Crippen molar-refractivity contribution in [3.05, 3.63) is 35.9 Å². The Morgan fingerprint density at radius 1 is 1.36 bits per heavy atom. The van der Waals surface area contributed by atoms with Gasteiger partial charge in [0.2, 0.25) is 5.91 Å². The maximum Gasteiger partial charge on any atom is 0.416 e. The van der Waals surface area contributed by atoms with E-state index in [4.69, 9.17) is 4.74 Å². The number of cyclic esters (lactones) is 1. The van der Waals surface area contributed by atoms with E-state index in [1.54, 1.807) is 6.92 Å². The Morgan fingerprint density at radius 2 is 2.00 bits per heavy atom. The normalized spacial score (nSPS) is 19.6. The van der Waals surface area contributed by atoms with Crippen LogP contribution in [-0.2, 0) is 16.0 Å². The van der Waals surface area contributed by atoms with Gasteiger partial charge in [0.05, 0.1) is 12.0 Å². The number of amides is 2. The number of rotatable bonds is 4. The van der Waals surface area contributed by atoms with E-state index in [1.807, 2.05) is 30.3 Å². The van der Waals surface area contributed by atoms with E-state index in [2.05, 4.69) is 31.1 Å². The molecule has 5 nitrogen and oxygen atoms in total. The van der Waals surface area contributed by atoms with Gasteiger partial charge in [-0.25, -0.2) is 9.69 Å². The fourth-order valence-electron chi connectivity index (χ4n) is 2.54. The van der Waals surface area contributed by atoms with Crippen LogP contribution in [0.25, 0.3) is 0 Å². The fourth-order valence-corrected chi connectivity index (χ4v) is 3.12. The Labute approximate surface area is 150 Å². The number of benzene rings is 1. The zero-order valence-electron chi connectivity index (χ0n) is 15.2. The van der Waals surface area contributed by atoms with Crippen molar-refractivity contribution in [2.45, 2.75) is 45.1 Å². The number of imide groups is 1. The summed E-state index contributed by atoms with van der Waals surface area (Å²) in [5.41, 5.74) is 4.09. The van der Waals surface area contributed by atoms with Gasteiger partial charge in [0.1, 0.15) is 20.8 Å². The van der Waals surface area contributed by atoms with Crippen LogP contribution in [0, 0.1) is 17.4 Å². The third-order valence-electron chi connectivity index (χ3n) is 3.97. The van der Waals surface area contributed by atoms with Gasteiger partial charge in [-0.1, -0.05) is 62.8 Å². The van der Waals surface area contributed by atoms with E-state index >= 15 is 0 Å². The first-order valence-electron chi connectivity index (χ1n) is 8.43. The Morgan fingerprint density at radius 3 is 2.60 bits per heavy atom. The van der Waals surface area contributed by atoms with Crippen molar-refractivity contribution in [1.82, 2.24) is 4.90 Å². The highest BCUT2D eigenvalue weighted by Crippen LogP contribution is 2.21. The van der Waals surface area contributed by atoms with Gasteiger partial charge in [-0.05, 0) is 12.0 Å². The van der Waals surface area contributed by atoms with Crippen molar-refractivity contribution in [2.75, 3.05) is 6.61 Å². The van der Waals surface area contributed by atoms with E-state index in [1.165, 1.54) is 0 Å². The van der Waals surface area contributed by atoms with Crippen LogP contribution in [0.2, 0.25) is 19.6 Å². The van der Waals surface area contributed by atoms with E-state index in [0.29, 0.717) is 6.42 Å². The second-order valence-corrected chi connectivity index (χ2v) is 12.1. The standard InChI is InChI=1S/C19H25NO4Si/c1-14(17(21)10-11-25(2,3)4)18(22)20-16(13-24-19(20)23)12-15-8-6-5-7-9-15/h5-9,14,16-17,21H,12-13H2,1-4H3/t14?,16-,17?/m0/s1. The summed E-state index contributed by atoms with van der Waals surface area (Å²) < 4.78 is 5.07. The number of hydrogen-bond acceptors (Lipinski definition) is 4. The molecule has 1 aromatic carbocycles. The molecule has 1 fully saturated rings. The van der Waals surface area contributed by atoms with Crippen LogP contribution < -0.4 is 0 Å². The maximum absolute atomic E-state index is 12.7. The second-order valence-electron chi connectivity index (χ2n) is 7.38. The Balaban J connectivity index is 2.11. The molecule has 134 valence electrons. The first kappa shape index (κ1) is 19.2. The zero-order chi connectivity index (χ0) is 18.6. The van der Waals surface area contributed by atoms with Crippen LogP contribution in [0.15, 0.2) is 30.3 Å². The molecule has 0 saturated carbocycles. The van der Waals surface area contributed by atoms with Crippen LogP contribution in [0.5, 0.6) is 0 Å². The number of carbonyl (C=O) groups excluding carboxylic acids is 2. The molecule has 2 rings (SSSR count). The van der Waals surface area contributed by atoms with Gasteiger partial charge < -0.3 is 9.84 Å². The lowest BCUT2D eigenvalue weighted by Crippen LogP contribution is -2.45. The zero-order valence-corrected chi connectivity index (χ0v) is 16.2. The third-order valence-corrected chi connectivity index (χ3v) is 4.87. The molecule has 1 heterocycles. The molecule has 25 heavy (non-hydrogen) atoms. The summed E-state index contributed by atoms with van der Waals surface area (Å²) in [6.07, 6.45) is -1.21. The largest absolute Gasteiger partial charge is 0.447 e. The van der Waals surface area contributed by atoms with Crippen molar-refractivity contribution in [1.29, 1.82) is 0 Å². The van der Waals surface area contributed by atoms with Crippen molar-refractivity contribution in [3.8, 4) is 11.5 Å². The van der Waals surface area contributed by atoms with Gasteiger partial charge in [0.25, 0.3) is 0 Å². The topological polar surface area (TPSA) is 66.8 Å². The maximum atomic E-state index is 12.7. The van der Waals surface area contributed by atoms with E-state index in [0.717, 1.165) is 10.5 Å². The molecule has 3 atom stereocenters. The van der Waals surface area contributed by atoms with Crippen LogP contribution in [-0.4, -0.2) is 48.8 Å². The molecule has 0 spiro atoms. The van der Waals surface area contributed by atoms with Crippen molar-refractivity contribution in [3.63, 3.8) is 0 Å². The molecule has 2 amide bonds. The van der Waals surface area contributed by atoms with Crippen LogP contribution >= 0.6 is 0 Å². The minimum absolute atomic E-state index is 0.170. The predicted molar refractivity (Wildman–Crippen MR) is 98.4 cm³/mol. The second kappa shape index (κ2) is 7.85. The number of ether oxygens (including phenoxy) is 1. The highest BCUT2D eigenvalue weighted by atomic mass is 28.3. The van der Waals surface area contributed by atoms with Gasteiger partial charge in [-0.15, -0.1) is 5.54 Å². The quantitative estimate of drug-likeness (QED) is 0.662. The van der Waals surface area contributed by atoms with Gasteiger partial charge >= 0.3 is 6.09 Å². The van der Waals surface area contributed by atoms with E-state index < -0.39 is 32.1 Å². The van der Waals surface area contributed by atoms with E-state index in [-0.39, 0.29) is 12.6 Å². The summed E-state index contributed by atoms with van der Waals surface area (Å²) in [7, 11) is -1.65. The molecule has 1 aromatic rings. The van der Waals surface area contributed by atoms with Crippen molar-refractivity contribution < 1.29 is 19.4 Å². The smallest absolute Gasteiger partial charge is 0.416 e. The molecular weight excluding hydrogens is 334 g/mol. The number of aliphatic hydroxyl groups is 1. The summed E-state index contributed by atoms with van der Waals surface area (Å²) in [4.78, 5) is 25.9. The first-order chi connectivity index (χ1) is 11.7. The molecular formula is C19H25NO4Si. The summed E-state index contributed by atoms with van der Waals surface area (Å²) in [6, 6.07) is 9.28. The first-order valence-corrected chi connectivity index (χ1v) is 11.9. The van der Waals surface area contributed by atoms with Crippen LogP contribution in [0.4, 0.5) is 4.79 Å². The molecule has 0 radical (unpaired) electrons. The number of aliphatic hydroxyl groups excluding tert-OH is 1. The summed E-state index contributed by atoms with van der Waals surface area (Å²) in [6.45, 7) is 7.95. The molecule has 1 saturated heterocycles. The monoisotopic (exact) mass is 359 g/mol. The highest BCUT2D eigenvalue weighted by Gasteiger charge is 2.41. The number of carbonyl (C=O) groups is 2. The molecule has 6 heteroatoms. The van der Waals surface area contributed by atoms with Crippen LogP contribution in [0.3, 0.4) is 0 Å². The number of nitrogens with zero attached hydrogens (tertiary/aromatic N) is 1. The van der Waals surface area contributed by atoms with Crippen molar-refractivity contribution >= 4 is 20.1 Å². The van der Waals surface area contributed by atoms with Gasteiger partial charge in [-0.3, -0.25) is 4.79 Å². The lowest BCUT2D eigenvalue weighted by molar-refractivity contribution is -0.135. The molecule has 1 N–H and O–H groups in total. The molecule has 2 unspecified atom stereocenters. The average Bonchev–Trinajstić information content (AvgIpc) is 2.92. The Hall–Kier alpha value is -2.10. The predicted octanol–water partition coefficient (Wildman–Crippen LogP) is 2.45. The minimum Gasteiger partial charge on any atom is -0.447 e. The minimum atomic E-state index is -1.65. The Kier molecular flexibility index (Phi) is 6.04. The molecule has 0 bridgehead atoms. The van der Waals surface area contributed by atoms with Crippen LogP contribution in [0.1, 0.15) is 12.5 Å².